The summed E-state index contributed by atoms with van der Waals surface area (Å²) in [5.41, 5.74) is 1.77. The van der Waals surface area contributed by atoms with E-state index in [0.717, 1.165) is 18.1 Å². The number of ether oxygens (including phenoxy) is 1. The van der Waals surface area contributed by atoms with E-state index >= 15 is 0 Å². The topological polar surface area (TPSA) is 74.8 Å². The SMILES string of the molecule is CN=C(NCCNC(=O)c1cccc(C)c1)NCCOC1CCCCCC1.I. The van der Waals surface area contributed by atoms with Crippen LogP contribution < -0.4 is 16.0 Å². The Hall–Kier alpha value is -1.35. The molecule has 0 saturated heterocycles. The standard InChI is InChI=1S/C21H34N4O2.HI/c1-17-8-7-9-18(16-17)20(26)23-12-13-24-21(22-2)25-14-15-27-19-10-5-3-4-6-11-19;/h7-9,16,19H,3-6,10-15H2,1-2H3,(H,23,26)(H2,22,24,25);1H. The van der Waals surface area contributed by atoms with Crippen molar-refractivity contribution in [3.8, 4) is 0 Å². The zero-order chi connectivity index (χ0) is 19.3. The lowest BCUT2D eigenvalue weighted by atomic mass is 10.1. The van der Waals surface area contributed by atoms with Crippen molar-refractivity contribution < 1.29 is 9.53 Å². The van der Waals surface area contributed by atoms with Gasteiger partial charge in [-0.2, -0.15) is 0 Å². The Balaban J connectivity index is 0.00000392. The van der Waals surface area contributed by atoms with E-state index < -0.39 is 0 Å². The molecular formula is C21H35IN4O2. The average Bonchev–Trinajstić information content (AvgIpc) is 2.95. The normalized spacial score (nSPS) is 15.3. The van der Waals surface area contributed by atoms with Crippen LogP contribution in [0, 0.1) is 6.92 Å². The first-order valence-electron chi connectivity index (χ1n) is 10.1. The molecule has 1 aromatic carbocycles. The predicted molar refractivity (Wildman–Crippen MR) is 126 cm³/mol. The van der Waals surface area contributed by atoms with Crippen LogP contribution >= 0.6 is 24.0 Å². The van der Waals surface area contributed by atoms with Gasteiger partial charge in [-0.05, 0) is 31.9 Å². The lowest BCUT2D eigenvalue weighted by molar-refractivity contribution is 0.0468. The number of hydrogen-bond donors (Lipinski definition) is 3. The minimum Gasteiger partial charge on any atom is -0.376 e. The van der Waals surface area contributed by atoms with E-state index in [2.05, 4.69) is 20.9 Å². The number of nitrogens with one attached hydrogen (secondary N) is 3. The molecule has 6 nitrogen and oxygen atoms in total. The number of aryl methyl sites for hydroxylation is 1. The molecule has 0 atom stereocenters. The van der Waals surface area contributed by atoms with Gasteiger partial charge in [0.2, 0.25) is 0 Å². The van der Waals surface area contributed by atoms with Gasteiger partial charge in [-0.15, -0.1) is 24.0 Å². The summed E-state index contributed by atoms with van der Waals surface area (Å²) in [6, 6.07) is 7.58. The molecule has 7 heteroatoms. The number of rotatable bonds is 8. The maximum Gasteiger partial charge on any atom is 0.251 e. The van der Waals surface area contributed by atoms with E-state index in [9.17, 15) is 4.79 Å². The molecule has 0 radical (unpaired) electrons. The Morgan fingerprint density at radius 3 is 2.43 bits per heavy atom. The minimum absolute atomic E-state index is 0. The molecule has 158 valence electrons. The van der Waals surface area contributed by atoms with Crippen LogP contribution in [0.15, 0.2) is 29.3 Å². The third-order valence-corrected chi connectivity index (χ3v) is 4.76. The van der Waals surface area contributed by atoms with Crippen molar-refractivity contribution in [3.05, 3.63) is 35.4 Å². The molecular weight excluding hydrogens is 467 g/mol. The van der Waals surface area contributed by atoms with E-state index in [1.807, 2.05) is 31.2 Å². The van der Waals surface area contributed by atoms with Crippen LogP contribution in [0.5, 0.6) is 0 Å². The van der Waals surface area contributed by atoms with Gasteiger partial charge in [-0.3, -0.25) is 9.79 Å². The van der Waals surface area contributed by atoms with E-state index in [1.54, 1.807) is 7.05 Å². The number of guanidine groups is 1. The number of amides is 1. The Kier molecular flexibility index (Phi) is 12.9. The smallest absolute Gasteiger partial charge is 0.251 e. The molecule has 0 bridgehead atoms. The van der Waals surface area contributed by atoms with Crippen molar-refractivity contribution in [3.63, 3.8) is 0 Å². The average molecular weight is 502 g/mol. The van der Waals surface area contributed by atoms with Gasteiger partial charge in [0.25, 0.3) is 5.91 Å². The number of hydrogen-bond acceptors (Lipinski definition) is 3. The maximum atomic E-state index is 12.1. The minimum atomic E-state index is -0.0553. The third kappa shape index (κ3) is 9.73. The van der Waals surface area contributed by atoms with Crippen molar-refractivity contribution in [2.45, 2.75) is 51.6 Å². The first kappa shape index (κ1) is 24.7. The van der Waals surface area contributed by atoms with Crippen molar-refractivity contribution in [1.82, 2.24) is 16.0 Å². The Bertz CT molecular complexity index is 602. The fourth-order valence-electron chi connectivity index (χ4n) is 3.27. The summed E-state index contributed by atoms with van der Waals surface area (Å²) in [7, 11) is 1.74. The van der Waals surface area contributed by atoms with E-state index in [-0.39, 0.29) is 29.9 Å². The van der Waals surface area contributed by atoms with E-state index in [1.165, 1.54) is 38.5 Å². The van der Waals surface area contributed by atoms with Crippen LogP contribution in [0.2, 0.25) is 0 Å². The molecule has 3 N–H and O–H groups in total. The number of carbonyl (C=O) groups excluding carboxylic acids is 1. The lowest BCUT2D eigenvalue weighted by Crippen LogP contribution is -2.42. The van der Waals surface area contributed by atoms with Gasteiger partial charge in [-0.25, -0.2) is 0 Å². The highest BCUT2D eigenvalue weighted by Crippen LogP contribution is 2.19. The van der Waals surface area contributed by atoms with Crippen LogP contribution in [0.1, 0.15) is 54.4 Å². The van der Waals surface area contributed by atoms with Crippen molar-refractivity contribution in [1.29, 1.82) is 0 Å². The Morgan fingerprint density at radius 2 is 1.75 bits per heavy atom. The second-order valence-corrected chi connectivity index (χ2v) is 7.04. The van der Waals surface area contributed by atoms with Crippen molar-refractivity contribution >= 4 is 35.8 Å². The molecule has 1 aliphatic carbocycles. The van der Waals surface area contributed by atoms with Gasteiger partial charge in [0.15, 0.2) is 5.96 Å². The molecule has 2 rings (SSSR count). The predicted octanol–water partition coefficient (Wildman–Crippen LogP) is 3.25. The van der Waals surface area contributed by atoms with Crippen LogP contribution in [-0.4, -0.2) is 51.3 Å². The van der Waals surface area contributed by atoms with Crippen LogP contribution in [-0.2, 0) is 4.74 Å². The molecule has 1 amide bonds. The van der Waals surface area contributed by atoms with Gasteiger partial charge in [0.05, 0.1) is 12.7 Å². The second kappa shape index (κ2) is 14.6. The highest BCUT2D eigenvalue weighted by Gasteiger charge is 2.12. The fraction of sp³-hybridized carbons (Fsp3) is 0.619. The maximum absolute atomic E-state index is 12.1. The van der Waals surface area contributed by atoms with Gasteiger partial charge in [0, 0.05) is 32.2 Å². The van der Waals surface area contributed by atoms with E-state index in [4.69, 9.17) is 4.74 Å². The number of aliphatic imine (C=N–C) groups is 1. The highest BCUT2D eigenvalue weighted by molar-refractivity contribution is 14.0. The highest BCUT2D eigenvalue weighted by atomic mass is 127. The lowest BCUT2D eigenvalue weighted by Gasteiger charge is -2.17. The molecule has 1 fully saturated rings. The Labute approximate surface area is 186 Å². The quantitative estimate of drug-likeness (QED) is 0.168. The monoisotopic (exact) mass is 502 g/mol. The van der Waals surface area contributed by atoms with E-state index in [0.29, 0.717) is 31.4 Å². The molecule has 0 unspecified atom stereocenters. The van der Waals surface area contributed by atoms with Crippen molar-refractivity contribution in [2.24, 2.45) is 4.99 Å². The molecule has 0 aliphatic heterocycles. The summed E-state index contributed by atoms with van der Waals surface area (Å²) < 4.78 is 5.97. The fourth-order valence-corrected chi connectivity index (χ4v) is 3.27. The third-order valence-electron chi connectivity index (χ3n) is 4.76. The second-order valence-electron chi connectivity index (χ2n) is 7.04. The van der Waals surface area contributed by atoms with Crippen LogP contribution in [0.4, 0.5) is 0 Å². The van der Waals surface area contributed by atoms with Crippen LogP contribution in [0.25, 0.3) is 0 Å². The molecule has 0 aromatic heterocycles. The summed E-state index contributed by atoms with van der Waals surface area (Å²) in [4.78, 5) is 16.3. The van der Waals surface area contributed by atoms with Crippen LogP contribution in [0.3, 0.4) is 0 Å². The summed E-state index contributed by atoms with van der Waals surface area (Å²) in [6.45, 7) is 4.54. The first-order chi connectivity index (χ1) is 13.2. The molecule has 1 saturated carbocycles. The van der Waals surface area contributed by atoms with Gasteiger partial charge >= 0.3 is 0 Å². The zero-order valence-corrected chi connectivity index (χ0v) is 19.5. The number of nitrogens with zero attached hydrogens (tertiary/aromatic N) is 1. The largest absolute Gasteiger partial charge is 0.376 e. The summed E-state index contributed by atoms with van der Waals surface area (Å²) in [5, 5.41) is 9.37. The first-order valence-corrected chi connectivity index (χ1v) is 10.1. The summed E-state index contributed by atoms with van der Waals surface area (Å²) >= 11 is 0. The summed E-state index contributed by atoms with van der Waals surface area (Å²) in [5.74, 6) is 0.671. The number of halogens is 1. The Morgan fingerprint density at radius 1 is 1.07 bits per heavy atom. The molecule has 0 heterocycles. The molecule has 1 aromatic rings. The van der Waals surface area contributed by atoms with Gasteiger partial charge in [0.1, 0.15) is 0 Å². The number of benzene rings is 1. The molecule has 28 heavy (non-hydrogen) atoms. The van der Waals surface area contributed by atoms with Gasteiger partial charge < -0.3 is 20.7 Å². The molecule has 1 aliphatic rings. The van der Waals surface area contributed by atoms with Crippen molar-refractivity contribution in [2.75, 3.05) is 33.3 Å². The molecule has 0 spiro atoms. The summed E-state index contributed by atoms with van der Waals surface area (Å²) in [6.07, 6.45) is 8.05. The zero-order valence-electron chi connectivity index (χ0n) is 17.1. The number of carbonyl (C=O) groups is 1. The van der Waals surface area contributed by atoms with Gasteiger partial charge in [-0.1, -0.05) is 43.4 Å².